The van der Waals surface area contributed by atoms with Crippen LogP contribution in [0.25, 0.3) is 11.3 Å². The Kier molecular flexibility index (Phi) is 4.09. The van der Waals surface area contributed by atoms with Crippen molar-refractivity contribution >= 4 is 17.5 Å². The van der Waals surface area contributed by atoms with Gasteiger partial charge in [-0.2, -0.15) is 5.26 Å². The monoisotopic (exact) mass is 358 g/mol. The molecule has 1 aliphatic rings. The number of nitrogens with one attached hydrogen (secondary N) is 2. The Morgan fingerprint density at radius 2 is 2.00 bits per heavy atom. The summed E-state index contributed by atoms with van der Waals surface area (Å²) in [5, 5.41) is 14.9. The first-order valence-corrected chi connectivity index (χ1v) is 8.67. The highest BCUT2D eigenvalue weighted by Gasteiger charge is 2.26. The van der Waals surface area contributed by atoms with Crippen molar-refractivity contribution in [3.8, 4) is 17.3 Å². The van der Waals surface area contributed by atoms with E-state index >= 15 is 0 Å². The average Bonchev–Trinajstić information content (AvgIpc) is 2.94. The average molecular weight is 358 g/mol. The van der Waals surface area contributed by atoms with Crippen molar-refractivity contribution in [1.82, 2.24) is 19.9 Å². The van der Waals surface area contributed by atoms with Crippen molar-refractivity contribution in [2.24, 2.45) is 0 Å². The fourth-order valence-corrected chi connectivity index (χ4v) is 3.53. The molecule has 0 atom stereocenters. The molecule has 1 aromatic carbocycles. The van der Waals surface area contributed by atoms with Gasteiger partial charge in [0.05, 0.1) is 17.3 Å². The number of amides is 1. The van der Waals surface area contributed by atoms with E-state index in [0.29, 0.717) is 23.8 Å². The molecule has 0 bridgehead atoms. The van der Waals surface area contributed by atoms with Crippen molar-refractivity contribution in [2.75, 3.05) is 11.9 Å². The molecule has 3 heterocycles. The van der Waals surface area contributed by atoms with Gasteiger partial charge in [-0.3, -0.25) is 4.79 Å². The first kappa shape index (κ1) is 16.8. The Bertz CT molecular complexity index is 1080. The first-order valence-electron chi connectivity index (χ1n) is 8.67. The lowest BCUT2D eigenvalue weighted by molar-refractivity contribution is 0.0926. The highest BCUT2D eigenvalue weighted by atomic mass is 16.2. The summed E-state index contributed by atoms with van der Waals surface area (Å²) in [5.74, 6) is 0.419. The predicted octanol–water partition coefficient (Wildman–Crippen LogP) is 2.92. The number of nitrogens with zero attached hydrogens (tertiary/aromatic N) is 4. The third-order valence-corrected chi connectivity index (χ3v) is 4.78. The third kappa shape index (κ3) is 2.91. The molecule has 0 fully saturated rings. The second kappa shape index (κ2) is 6.57. The number of benzene rings is 1. The largest absolute Gasteiger partial charge is 0.349 e. The third-order valence-electron chi connectivity index (χ3n) is 4.78. The molecule has 1 amide bonds. The quantitative estimate of drug-likeness (QED) is 0.750. The van der Waals surface area contributed by atoms with E-state index in [-0.39, 0.29) is 5.91 Å². The topological polar surface area (TPSA) is 95.6 Å². The molecule has 2 N–H and O–H groups in total. The lowest BCUT2D eigenvalue weighted by atomic mass is 10.1. The van der Waals surface area contributed by atoms with Gasteiger partial charge < -0.3 is 15.2 Å². The van der Waals surface area contributed by atoms with Gasteiger partial charge >= 0.3 is 0 Å². The number of nitriles is 1. The molecule has 0 aliphatic carbocycles. The van der Waals surface area contributed by atoms with E-state index in [1.807, 2.05) is 32.0 Å². The summed E-state index contributed by atoms with van der Waals surface area (Å²) in [6.45, 7) is 5.36. The fraction of sp³-hybridized carbons (Fsp3) is 0.200. The van der Waals surface area contributed by atoms with Crippen LogP contribution in [-0.2, 0) is 6.54 Å². The highest BCUT2D eigenvalue weighted by molar-refractivity contribution is 5.97. The Hall–Kier alpha value is -3.66. The number of carbonyl (C=O) groups is 1. The standard InChI is InChI=1S/C20H18N6O/c1-12-17(13(2)26-10-9-22-19(27)18(12)26)16-7-8-23-20(25-16)24-15-5-3-14(11-21)4-6-15/h3-8H,9-10H2,1-2H3,(H,22,27)(H,23,24,25). The number of anilines is 2. The van der Waals surface area contributed by atoms with Crippen LogP contribution in [-0.4, -0.2) is 27.0 Å². The smallest absolute Gasteiger partial charge is 0.268 e. The van der Waals surface area contributed by atoms with E-state index in [2.05, 4.69) is 31.2 Å². The molecule has 1 aliphatic heterocycles. The lowest BCUT2D eigenvalue weighted by Gasteiger charge is -2.17. The zero-order valence-electron chi connectivity index (χ0n) is 15.1. The van der Waals surface area contributed by atoms with E-state index in [9.17, 15) is 4.79 Å². The lowest BCUT2D eigenvalue weighted by Crippen LogP contribution is -2.35. The van der Waals surface area contributed by atoms with Crippen LogP contribution in [0.5, 0.6) is 0 Å². The molecule has 0 radical (unpaired) electrons. The number of hydrogen-bond acceptors (Lipinski definition) is 5. The SMILES string of the molecule is Cc1c(-c2ccnc(Nc3ccc(C#N)cc3)n2)c(C)n2c1C(=O)NCC2. The van der Waals surface area contributed by atoms with Gasteiger partial charge in [-0.1, -0.05) is 0 Å². The van der Waals surface area contributed by atoms with E-state index in [0.717, 1.165) is 34.7 Å². The Morgan fingerprint density at radius 3 is 2.70 bits per heavy atom. The molecule has 0 saturated carbocycles. The van der Waals surface area contributed by atoms with Gasteiger partial charge in [-0.25, -0.2) is 9.97 Å². The summed E-state index contributed by atoms with van der Waals surface area (Å²) in [6.07, 6.45) is 1.70. The summed E-state index contributed by atoms with van der Waals surface area (Å²) in [6, 6.07) is 11.0. The zero-order chi connectivity index (χ0) is 19.0. The van der Waals surface area contributed by atoms with Crippen LogP contribution in [0.4, 0.5) is 11.6 Å². The summed E-state index contributed by atoms with van der Waals surface area (Å²) in [4.78, 5) is 21.2. The Labute approximate surface area is 156 Å². The number of rotatable bonds is 3. The zero-order valence-corrected chi connectivity index (χ0v) is 15.1. The van der Waals surface area contributed by atoms with E-state index in [1.54, 1.807) is 18.3 Å². The minimum atomic E-state index is -0.0434. The van der Waals surface area contributed by atoms with Crippen molar-refractivity contribution in [1.29, 1.82) is 5.26 Å². The van der Waals surface area contributed by atoms with Crippen molar-refractivity contribution in [3.63, 3.8) is 0 Å². The van der Waals surface area contributed by atoms with E-state index < -0.39 is 0 Å². The molecular formula is C20H18N6O. The summed E-state index contributed by atoms with van der Waals surface area (Å²) >= 11 is 0. The Balaban J connectivity index is 1.71. The van der Waals surface area contributed by atoms with Crippen LogP contribution in [0.15, 0.2) is 36.5 Å². The molecule has 0 spiro atoms. The summed E-state index contributed by atoms with van der Waals surface area (Å²) in [7, 11) is 0. The number of fused-ring (bicyclic) bond motifs is 1. The molecule has 0 unspecified atom stereocenters. The number of carbonyl (C=O) groups excluding carboxylic acids is 1. The van der Waals surface area contributed by atoms with Gasteiger partial charge in [-0.05, 0) is 49.7 Å². The molecule has 3 aromatic rings. The first-order chi connectivity index (χ1) is 13.1. The van der Waals surface area contributed by atoms with E-state index in [1.165, 1.54) is 0 Å². The van der Waals surface area contributed by atoms with Gasteiger partial charge in [0.15, 0.2) is 0 Å². The molecule has 4 rings (SSSR count). The molecule has 0 saturated heterocycles. The van der Waals surface area contributed by atoms with Crippen molar-refractivity contribution < 1.29 is 4.79 Å². The molecule has 7 nitrogen and oxygen atoms in total. The maximum atomic E-state index is 12.3. The molecule has 2 aromatic heterocycles. The van der Waals surface area contributed by atoms with Gasteiger partial charge in [0.25, 0.3) is 5.91 Å². The van der Waals surface area contributed by atoms with Crippen LogP contribution in [0.2, 0.25) is 0 Å². The van der Waals surface area contributed by atoms with Crippen LogP contribution in [0.1, 0.15) is 27.3 Å². The van der Waals surface area contributed by atoms with Gasteiger partial charge in [0.2, 0.25) is 5.95 Å². The van der Waals surface area contributed by atoms with Crippen LogP contribution in [0.3, 0.4) is 0 Å². The minimum Gasteiger partial charge on any atom is -0.349 e. The van der Waals surface area contributed by atoms with E-state index in [4.69, 9.17) is 5.26 Å². The van der Waals surface area contributed by atoms with Crippen LogP contribution >= 0.6 is 0 Å². The fourth-order valence-electron chi connectivity index (χ4n) is 3.53. The summed E-state index contributed by atoms with van der Waals surface area (Å²) in [5.41, 5.74) is 5.79. The van der Waals surface area contributed by atoms with Gasteiger partial charge in [0, 0.05) is 36.2 Å². The van der Waals surface area contributed by atoms with Crippen LogP contribution < -0.4 is 10.6 Å². The van der Waals surface area contributed by atoms with Crippen molar-refractivity contribution in [3.05, 3.63) is 59.0 Å². The Morgan fingerprint density at radius 1 is 1.22 bits per heavy atom. The van der Waals surface area contributed by atoms with Crippen LogP contribution in [0, 0.1) is 25.2 Å². The molecule has 27 heavy (non-hydrogen) atoms. The van der Waals surface area contributed by atoms with Gasteiger partial charge in [-0.15, -0.1) is 0 Å². The minimum absolute atomic E-state index is 0.0434. The normalized spacial score (nSPS) is 12.9. The molecule has 134 valence electrons. The molecule has 7 heteroatoms. The predicted molar refractivity (Wildman–Crippen MR) is 102 cm³/mol. The van der Waals surface area contributed by atoms with Crippen molar-refractivity contribution in [2.45, 2.75) is 20.4 Å². The maximum Gasteiger partial charge on any atom is 0.268 e. The highest BCUT2D eigenvalue weighted by Crippen LogP contribution is 2.32. The maximum absolute atomic E-state index is 12.3. The second-order valence-electron chi connectivity index (χ2n) is 6.42. The number of hydrogen-bond donors (Lipinski definition) is 2. The number of aromatic nitrogens is 3. The summed E-state index contributed by atoms with van der Waals surface area (Å²) < 4.78 is 2.05. The molecular weight excluding hydrogens is 340 g/mol. The van der Waals surface area contributed by atoms with Gasteiger partial charge in [0.1, 0.15) is 5.69 Å². The second-order valence-corrected chi connectivity index (χ2v) is 6.42.